The van der Waals surface area contributed by atoms with Crippen molar-refractivity contribution in [2.24, 2.45) is 0 Å². The van der Waals surface area contributed by atoms with Crippen molar-refractivity contribution < 1.29 is 24.5 Å². The SMILES string of the molecule is CCCCCC/C=C\C/C=C\CCCCCCCCCC(=O)OCCCCCCCCCCCCCCCCCCCCCCCCCCCCCCCCCCCCCCCC(=O)NC(CO)C(O)/C=C/CCCCCCCCCCCCCCCCCCCCCCCCC. The maximum Gasteiger partial charge on any atom is 0.305 e. The Morgan fingerprint density at radius 2 is 0.515 bits per heavy atom. The monoisotopic (exact) mass is 1360 g/mol. The fourth-order valence-corrected chi connectivity index (χ4v) is 14.4. The van der Waals surface area contributed by atoms with Crippen molar-refractivity contribution in [1.29, 1.82) is 0 Å². The molecule has 97 heavy (non-hydrogen) atoms. The lowest BCUT2D eigenvalue weighted by atomic mass is 10.0. The summed E-state index contributed by atoms with van der Waals surface area (Å²) < 4.78 is 5.52. The number of carbonyl (C=O) groups is 2. The lowest BCUT2D eigenvalue weighted by Gasteiger charge is -2.20. The Bertz CT molecular complexity index is 1570. The summed E-state index contributed by atoms with van der Waals surface area (Å²) in [6.45, 7) is 4.95. The van der Waals surface area contributed by atoms with Gasteiger partial charge in [-0.25, -0.2) is 0 Å². The van der Waals surface area contributed by atoms with Gasteiger partial charge in [0.05, 0.1) is 25.4 Å². The Kier molecular flexibility index (Phi) is 84.8. The average Bonchev–Trinajstić information content (AvgIpc) is 3.68. The summed E-state index contributed by atoms with van der Waals surface area (Å²) in [6.07, 6.45) is 115. The molecule has 3 N–H and O–H groups in total. The number of ether oxygens (including phenoxy) is 1. The first-order valence-corrected chi connectivity index (χ1v) is 44.8. The van der Waals surface area contributed by atoms with Crippen LogP contribution in [0, 0.1) is 0 Å². The smallest absolute Gasteiger partial charge is 0.305 e. The van der Waals surface area contributed by atoms with Crippen LogP contribution in [-0.2, 0) is 14.3 Å². The zero-order valence-corrected chi connectivity index (χ0v) is 66.1. The maximum absolute atomic E-state index is 12.6. The average molecular weight is 1360 g/mol. The molecule has 0 saturated heterocycles. The van der Waals surface area contributed by atoms with E-state index < -0.39 is 12.1 Å². The van der Waals surface area contributed by atoms with Crippen molar-refractivity contribution in [1.82, 2.24) is 5.32 Å². The van der Waals surface area contributed by atoms with Crippen molar-refractivity contribution in [3.63, 3.8) is 0 Å². The summed E-state index contributed by atoms with van der Waals surface area (Å²) in [6, 6.07) is -0.625. The van der Waals surface area contributed by atoms with Gasteiger partial charge in [0.1, 0.15) is 0 Å². The largest absolute Gasteiger partial charge is 0.466 e. The van der Waals surface area contributed by atoms with Gasteiger partial charge in [-0.1, -0.05) is 468 Å². The molecule has 0 aliphatic carbocycles. The molecule has 0 aliphatic rings. The van der Waals surface area contributed by atoms with Crippen LogP contribution in [0.3, 0.4) is 0 Å². The van der Waals surface area contributed by atoms with E-state index in [0.29, 0.717) is 19.4 Å². The molecule has 1 amide bonds. The molecule has 0 aromatic carbocycles. The number of carbonyl (C=O) groups excluding carboxylic acids is 2. The summed E-state index contributed by atoms with van der Waals surface area (Å²) in [7, 11) is 0. The molecule has 0 heterocycles. The zero-order chi connectivity index (χ0) is 69.8. The highest BCUT2D eigenvalue weighted by atomic mass is 16.5. The molecule has 0 fully saturated rings. The molecule has 0 saturated carbocycles. The Labute approximate surface area is 608 Å². The summed E-state index contributed by atoms with van der Waals surface area (Å²) in [4.78, 5) is 24.7. The molecule has 0 rings (SSSR count). The molecule has 0 aromatic heterocycles. The van der Waals surface area contributed by atoms with Crippen LogP contribution >= 0.6 is 0 Å². The van der Waals surface area contributed by atoms with Crippen molar-refractivity contribution >= 4 is 11.9 Å². The Balaban J connectivity index is 3.33. The van der Waals surface area contributed by atoms with E-state index in [1.54, 1.807) is 6.08 Å². The maximum atomic E-state index is 12.6. The van der Waals surface area contributed by atoms with E-state index in [1.807, 2.05) is 6.08 Å². The molecule has 0 bridgehead atoms. The Morgan fingerprint density at radius 1 is 0.289 bits per heavy atom. The molecule has 6 nitrogen and oxygen atoms in total. The number of hydrogen-bond donors (Lipinski definition) is 3. The number of unbranched alkanes of at least 4 members (excludes halogenated alkanes) is 70. The summed E-state index contributed by atoms with van der Waals surface area (Å²) >= 11 is 0. The standard InChI is InChI=1S/C91H175NO5/c1-3-5-7-9-11-13-15-17-19-21-23-24-25-39-42-45-48-51-55-59-63-67-71-75-79-83-89(94)88(87-93)92-90(95)84-80-76-72-68-64-60-56-52-49-46-43-40-37-35-33-31-29-27-26-28-30-32-34-36-38-41-44-47-50-54-58-62-66-70-74-78-82-86-97-91(96)85-81-77-73-69-65-61-57-53-22-20-18-16-14-12-10-8-6-4-2/h14,16,20,22,79,83,88-89,93-94H,3-13,15,17-19,21,23-78,80-82,84-87H2,1-2H3,(H,92,95)/b16-14-,22-20-,83-79+. The van der Waals surface area contributed by atoms with Crippen LogP contribution in [0.1, 0.15) is 508 Å². The highest BCUT2D eigenvalue weighted by molar-refractivity contribution is 5.76. The topological polar surface area (TPSA) is 95.9 Å². The van der Waals surface area contributed by atoms with Crippen LogP contribution in [0.25, 0.3) is 0 Å². The minimum absolute atomic E-state index is 0.0168. The number of esters is 1. The first-order valence-electron chi connectivity index (χ1n) is 44.8. The molecule has 0 aromatic rings. The third-order valence-corrected chi connectivity index (χ3v) is 21.2. The third-order valence-electron chi connectivity index (χ3n) is 21.2. The van der Waals surface area contributed by atoms with Crippen molar-refractivity contribution in [3.05, 3.63) is 36.5 Å². The third kappa shape index (κ3) is 82.9. The number of aliphatic hydroxyl groups excluding tert-OH is 2. The Morgan fingerprint density at radius 3 is 0.794 bits per heavy atom. The number of allylic oxidation sites excluding steroid dienone is 5. The molecular weight excluding hydrogens is 1190 g/mol. The summed E-state index contributed by atoms with van der Waals surface area (Å²) in [5, 5.41) is 23.4. The van der Waals surface area contributed by atoms with Gasteiger partial charge < -0.3 is 20.3 Å². The summed E-state index contributed by atoms with van der Waals surface area (Å²) in [5.41, 5.74) is 0. The van der Waals surface area contributed by atoms with Gasteiger partial charge in [0.2, 0.25) is 5.91 Å². The molecule has 574 valence electrons. The molecule has 0 spiro atoms. The highest BCUT2D eigenvalue weighted by Gasteiger charge is 2.18. The van der Waals surface area contributed by atoms with Crippen LogP contribution in [0.15, 0.2) is 36.5 Å². The first-order chi connectivity index (χ1) is 48.0. The van der Waals surface area contributed by atoms with E-state index in [2.05, 4.69) is 43.5 Å². The van der Waals surface area contributed by atoms with Gasteiger partial charge in [-0.2, -0.15) is 0 Å². The normalized spacial score (nSPS) is 12.6. The molecule has 2 atom stereocenters. The van der Waals surface area contributed by atoms with Gasteiger partial charge in [0, 0.05) is 12.8 Å². The van der Waals surface area contributed by atoms with E-state index in [1.165, 1.54) is 430 Å². The van der Waals surface area contributed by atoms with Gasteiger partial charge >= 0.3 is 5.97 Å². The lowest BCUT2D eigenvalue weighted by molar-refractivity contribution is -0.143. The van der Waals surface area contributed by atoms with Gasteiger partial charge in [-0.3, -0.25) is 9.59 Å². The number of hydrogen-bond acceptors (Lipinski definition) is 5. The predicted molar refractivity (Wildman–Crippen MR) is 430 cm³/mol. The predicted octanol–water partition coefficient (Wildman–Crippen LogP) is 30.1. The number of amides is 1. The fraction of sp³-hybridized carbons (Fsp3) is 0.912. The second-order valence-electron chi connectivity index (χ2n) is 30.9. The van der Waals surface area contributed by atoms with Gasteiger partial charge in [-0.15, -0.1) is 0 Å². The first kappa shape index (κ1) is 95.1. The Hall–Kier alpha value is -1.92. The highest BCUT2D eigenvalue weighted by Crippen LogP contribution is 2.21. The van der Waals surface area contributed by atoms with E-state index in [-0.39, 0.29) is 18.5 Å². The number of nitrogens with one attached hydrogen (secondary N) is 1. The second kappa shape index (κ2) is 86.5. The number of aliphatic hydroxyl groups is 2. The van der Waals surface area contributed by atoms with Crippen LogP contribution in [0.2, 0.25) is 0 Å². The molecular formula is C91H175NO5. The molecule has 0 radical (unpaired) electrons. The van der Waals surface area contributed by atoms with Gasteiger partial charge in [0.15, 0.2) is 0 Å². The molecule has 6 heteroatoms. The van der Waals surface area contributed by atoms with Crippen LogP contribution in [-0.4, -0.2) is 47.4 Å². The van der Waals surface area contributed by atoms with Gasteiger partial charge in [-0.05, 0) is 64.2 Å². The summed E-state index contributed by atoms with van der Waals surface area (Å²) in [5.74, 6) is -0.0395. The van der Waals surface area contributed by atoms with Crippen molar-refractivity contribution in [2.75, 3.05) is 13.2 Å². The van der Waals surface area contributed by atoms with E-state index in [9.17, 15) is 19.8 Å². The minimum Gasteiger partial charge on any atom is -0.466 e. The van der Waals surface area contributed by atoms with Crippen molar-refractivity contribution in [2.45, 2.75) is 520 Å². The fourth-order valence-electron chi connectivity index (χ4n) is 14.4. The molecule has 2 unspecified atom stereocenters. The van der Waals surface area contributed by atoms with Crippen molar-refractivity contribution in [3.8, 4) is 0 Å². The van der Waals surface area contributed by atoms with E-state index in [0.717, 1.165) is 51.4 Å². The van der Waals surface area contributed by atoms with E-state index >= 15 is 0 Å². The zero-order valence-electron chi connectivity index (χ0n) is 66.1. The van der Waals surface area contributed by atoms with E-state index in [4.69, 9.17) is 4.74 Å². The number of rotatable bonds is 85. The van der Waals surface area contributed by atoms with Crippen LogP contribution in [0.4, 0.5) is 0 Å². The molecule has 0 aliphatic heterocycles. The van der Waals surface area contributed by atoms with Crippen LogP contribution < -0.4 is 5.32 Å². The minimum atomic E-state index is -0.842. The van der Waals surface area contributed by atoms with Gasteiger partial charge in [0.25, 0.3) is 0 Å². The second-order valence-corrected chi connectivity index (χ2v) is 30.9. The lowest BCUT2D eigenvalue weighted by Crippen LogP contribution is -2.45. The van der Waals surface area contributed by atoms with Crippen LogP contribution in [0.5, 0.6) is 0 Å². The quantitative estimate of drug-likeness (QED) is 0.0320.